The third-order valence-electron chi connectivity index (χ3n) is 2.90. The zero-order chi connectivity index (χ0) is 12.1. The Morgan fingerprint density at radius 2 is 2.11 bits per heavy atom. The van der Waals surface area contributed by atoms with Crippen LogP contribution in [0.3, 0.4) is 0 Å². The number of nitrogen functional groups attached to an aromatic ring is 1. The van der Waals surface area contributed by atoms with Crippen LogP contribution in [0.2, 0.25) is 0 Å². The van der Waals surface area contributed by atoms with E-state index >= 15 is 0 Å². The van der Waals surface area contributed by atoms with Gasteiger partial charge in [0.2, 0.25) is 5.91 Å². The summed E-state index contributed by atoms with van der Waals surface area (Å²) in [7, 11) is 0. The molecule has 100 valence electrons. The molecule has 1 aliphatic heterocycles. The van der Waals surface area contributed by atoms with Gasteiger partial charge in [-0.25, -0.2) is 0 Å². The number of nitrogens with one attached hydrogen (secondary N) is 1. The minimum absolute atomic E-state index is 0. The Hall–Kier alpha value is -1.26. The van der Waals surface area contributed by atoms with Gasteiger partial charge in [0.05, 0.1) is 12.5 Å². The van der Waals surface area contributed by atoms with E-state index in [1.54, 1.807) is 0 Å². The maximum absolute atomic E-state index is 11.7. The minimum atomic E-state index is 0. The van der Waals surface area contributed by atoms with Crippen molar-refractivity contribution >= 4 is 24.0 Å². The fourth-order valence-electron chi connectivity index (χ4n) is 1.92. The van der Waals surface area contributed by atoms with Crippen LogP contribution in [0.4, 0.5) is 5.69 Å². The highest BCUT2D eigenvalue weighted by atomic mass is 35.5. The molecular weight excluding hydrogens is 252 g/mol. The van der Waals surface area contributed by atoms with Gasteiger partial charge in [-0.05, 0) is 30.5 Å². The lowest BCUT2D eigenvalue weighted by molar-refractivity contribution is -0.120. The van der Waals surface area contributed by atoms with Crippen molar-refractivity contribution in [2.75, 3.05) is 18.9 Å². The van der Waals surface area contributed by atoms with E-state index in [-0.39, 0.29) is 24.4 Å². The standard InChI is InChI=1S/C13H18N2O2.ClH/c14-11-5-3-10(4-6-11)8-13(16)15-9-12-2-1-7-17-12;/h3-6,12H,1-2,7-9,14H2,(H,15,16);1H. The van der Waals surface area contributed by atoms with Gasteiger partial charge in [-0.15, -0.1) is 12.4 Å². The molecule has 1 fully saturated rings. The molecule has 0 saturated carbocycles. The van der Waals surface area contributed by atoms with E-state index in [9.17, 15) is 4.79 Å². The Labute approximate surface area is 113 Å². The molecule has 5 heteroatoms. The molecule has 1 aliphatic rings. The van der Waals surface area contributed by atoms with E-state index in [4.69, 9.17) is 10.5 Å². The predicted molar refractivity (Wildman–Crippen MR) is 73.8 cm³/mol. The van der Waals surface area contributed by atoms with E-state index in [1.807, 2.05) is 24.3 Å². The van der Waals surface area contributed by atoms with Crippen LogP contribution in [0.1, 0.15) is 18.4 Å². The van der Waals surface area contributed by atoms with Gasteiger partial charge in [-0.1, -0.05) is 12.1 Å². The van der Waals surface area contributed by atoms with Gasteiger partial charge in [0.15, 0.2) is 0 Å². The first kappa shape index (κ1) is 14.8. The van der Waals surface area contributed by atoms with E-state index in [0.29, 0.717) is 18.7 Å². The molecule has 2 rings (SSSR count). The maximum Gasteiger partial charge on any atom is 0.224 e. The second-order valence-electron chi connectivity index (χ2n) is 4.36. The minimum Gasteiger partial charge on any atom is -0.399 e. The van der Waals surface area contributed by atoms with Crippen LogP contribution >= 0.6 is 12.4 Å². The van der Waals surface area contributed by atoms with Gasteiger partial charge >= 0.3 is 0 Å². The van der Waals surface area contributed by atoms with Crippen LogP contribution in [0, 0.1) is 0 Å². The van der Waals surface area contributed by atoms with Gasteiger partial charge in [-0.2, -0.15) is 0 Å². The van der Waals surface area contributed by atoms with Crippen LogP contribution in [0.25, 0.3) is 0 Å². The smallest absolute Gasteiger partial charge is 0.224 e. The fourth-order valence-corrected chi connectivity index (χ4v) is 1.92. The average molecular weight is 271 g/mol. The number of halogens is 1. The molecule has 1 saturated heterocycles. The third kappa shape index (κ3) is 4.55. The topological polar surface area (TPSA) is 64.4 Å². The largest absolute Gasteiger partial charge is 0.399 e. The Morgan fingerprint density at radius 3 is 2.72 bits per heavy atom. The van der Waals surface area contributed by atoms with E-state index in [0.717, 1.165) is 25.0 Å². The molecule has 0 aliphatic carbocycles. The number of hydrogen-bond acceptors (Lipinski definition) is 3. The number of rotatable bonds is 4. The van der Waals surface area contributed by atoms with Crippen molar-refractivity contribution < 1.29 is 9.53 Å². The van der Waals surface area contributed by atoms with Crippen molar-refractivity contribution in [3.8, 4) is 0 Å². The summed E-state index contributed by atoms with van der Waals surface area (Å²) in [4.78, 5) is 11.7. The molecule has 1 amide bonds. The first-order chi connectivity index (χ1) is 8.24. The van der Waals surface area contributed by atoms with E-state index in [1.165, 1.54) is 0 Å². The molecule has 1 aromatic rings. The lowest BCUT2D eigenvalue weighted by Crippen LogP contribution is -2.32. The summed E-state index contributed by atoms with van der Waals surface area (Å²) in [6.07, 6.45) is 2.73. The zero-order valence-electron chi connectivity index (χ0n) is 10.2. The number of anilines is 1. The molecule has 1 atom stereocenters. The van der Waals surface area contributed by atoms with Crippen LogP contribution < -0.4 is 11.1 Å². The summed E-state index contributed by atoms with van der Waals surface area (Å²) >= 11 is 0. The predicted octanol–water partition coefficient (Wildman–Crippen LogP) is 1.53. The summed E-state index contributed by atoms with van der Waals surface area (Å²) < 4.78 is 5.44. The first-order valence-corrected chi connectivity index (χ1v) is 5.97. The lowest BCUT2D eigenvalue weighted by Gasteiger charge is -2.10. The van der Waals surface area contributed by atoms with Gasteiger partial charge in [0.25, 0.3) is 0 Å². The Balaban J connectivity index is 0.00000162. The summed E-state index contributed by atoms with van der Waals surface area (Å²) in [5, 5.41) is 2.89. The van der Waals surface area contributed by atoms with Gasteiger partial charge in [0.1, 0.15) is 0 Å². The molecule has 4 nitrogen and oxygen atoms in total. The van der Waals surface area contributed by atoms with Gasteiger partial charge in [0, 0.05) is 18.8 Å². The normalized spacial score (nSPS) is 18.1. The Kier molecular flexibility index (Phi) is 5.95. The van der Waals surface area contributed by atoms with E-state index < -0.39 is 0 Å². The number of ether oxygens (including phenoxy) is 1. The zero-order valence-corrected chi connectivity index (χ0v) is 11.0. The molecule has 0 bridgehead atoms. The molecule has 0 radical (unpaired) electrons. The second kappa shape index (κ2) is 7.24. The number of amides is 1. The SMILES string of the molecule is Cl.Nc1ccc(CC(=O)NCC2CCCO2)cc1. The molecule has 18 heavy (non-hydrogen) atoms. The van der Waals surface area contributed by atoms with Crippen LogP contribution in [0.15, 0.2) is 24.3 Å². The highest BCUT2D eigenvalue weighted by Gasteiger charge is 2.15. The molecule has 1 aromatic carbocycles. The van der Waals surface area contributed by atoms with Crippen molar-refractivity contribution in [2.45, 2.75) is 25.4 Å². The second-order valence-corrected chi connectivity index (χ2v) is 4.36. The summed E-state index contributed by atoms with van der Waals surface area (Å²) in [5.74, 6) is 0.0327. The van der Waals surface area contributed by atoms with Crippen molar-refractivity contribution in [2.24, 2.45) is 0 Å². The molecule has 3 N–H and O–H groups in total. The summed E-state index contributed by atoms with van der Waals surface area (Å²) in [6.45, 7) is 1.44. The van der Waals surface area contributed by atoms with Crippen molar-refractivity contribution in [3.05, 3.63) is 29.8 Å². The van der Waals surface area contributed by atoms with Crippen LogP contribution in [-0.2, 0) is 16.0 Å². The molecular formula is C13H19ClN2O2. The van der Waals surface area contributed by atoms with Gasteiger partial charge < -0.3 is 15.8 Å². The average Bonchev–Trinajstić information content (AvgIpc) is 2.83. The van der Waals surface area contributed by atoms with Crippen LogP contribution in [0.5, 0.6) is 0 Å². The van der Waals surface area contributed by atoms with Gasteiger partial charge in [-0.3, -0.25) is 4.79 Å². The number of nitrogens with two attached hydrogens (primary N) is 1. The molecule has 0 spiro atoms. The quantitative estimate of drug-likeness (QED) is 0.816. The fraction of sp³-hybridized carbons (Fsp3) is 0.462. The number of hydrogen-bond donors (Lipinski definition) is 2. The Bertz CT molecular complexity index is 375. The summed E-state index contributed by atoms with van der Waals surface area (Å²) in [6, 6.07) is 7.37. The van der Waals surface area contributed by atoms with Crippen molar-refractivity contribution in [1.82, 2.24) is 5.32 Å². The third-order valence-corrected chi connectivity index (χ3v) is 2.90. The molecule has 0 aromatic heterocycles. The van der Waals surface area contributed by atoms with E-state index in [2.05, 4.69) is 5.32 Å². The highest BCUT2D eigenvalue weighted by molar-refractivity contribution is 5.85. The molecule has 1 heterocycles. The maximum atomic E-state index is 11.7. The highest BCUT2D eigenvalue weighted by Crippen LogP contribution is 2.11. The number of carbonyl (C=O) groups is 1. The summed E-state index contributed by atoms with van der Waals surface area (Å²) in [5.41, 5.74) is 7.27. The van der Waals surface area contributed by atoms with Crippen LogP contribution in [-0.4, -0.2) is 25.2 Å². The number of benzene rings is 1. The van der Waals surface area contributed by atoms with Crippen molar-refractivity contribution in [1.29, 1.82) is 0 Å². The molecule has 1 unspecified atom stereocenters. The van der Waals surface area contributed by atoms with Crippen molar-refractivity contribution in [3.63, 3.8) is 0 Å². The first-order valence-electron chi connectivity index (χ1n) is 5.97. The monoisotopic (exact) mass is 270 g/mol. The Morgan fingerprint density at radius 1 is 1.39 bits per heavy atom. The lowest BCUT2D eigenvalue weighted by atomic mass is 10.1. The number of carbonyl (C=O) groups excluding carboxylic acids is 1.